The summed E-state index contributed by atoms with van der Waals surface area (Å²) in [6, 6.07) is 0. The van der Waals surface area contributed by atoms with Crippen molar-refractivity contribution in [3.63, 3.8) is 0 Å². The fourth-order valence-electron chi connectivity index (χ4n) is 1.53. The number of carbonyl (C=O) groups is 1. The van der Waals surface area contributed by atoms with Crippen LogP contribution in [0.4, 0.5) is 0 Å². The Morgan fingerprint density at radius 2 is 2.15 bits per heavy atom. The summed E-state index contributed by atoms with van der Waals surface area (Å²) in [5, 5.41) is 2.96. The van der Waals surface area contributed by atoms with Gasteiger partial charge in [0.15, 0.2) is 0 Å². The first-order chi connectivity index (χ1) is 6.05. The zero-order valence-electron chi connectivity index (χ0n) is 8.63. The summed E-state index contributed by atoms with van der Waals surface area (Å²) < 4.78 is 0. The zero-order chi connectivity index (χ0) is 9.90. The molecule has 1 saturated heterocycles. The van der Waals surface area contributed by atoms with Gasteiger partial charge in [-0.25, -0.2) is 0 Å². The molecule has 0 aliphatic carbocycles. The summed E-state index contributed by atoms with van der Waals surface area (Å²) in [7, 11) is 1.86. The maximum Gasteiger partial charge on any atom is 0.246 e. The van der Waals surface area contributed by atoms with Crippen molar-refractivity contribution in [1.29, 1.82) is 0 Å². The van der Waals surface area contributed by atoms with Gasteiger partial charge < -0.3 is 10.2 Å². The van der Waals surface area contributed by atoms with Crippen molar-refractivity contribution >= 4 is 5.91 Å². The lowest BCUT2D eigenvalue weighted by atomic mass is 9.84. The number of hydrogen-bond donors (Lipinski definition) is 1. The molecule has 1 aliphatic rings. The lowest BCUT2D eigenvalue weighted by Gasteiger charge is -2.45. The molecule has 1 fully saturated rings. The first-order valence-electron chi connectivity index (χ1n) is 4.65. The average Bonchev–Trinajstić information content (AvgIpc) is 2.00. The molecule has 1 rings (SSSR count). The van der Waals surface area contributed by atoms with Crippen LogP contribution in [0.5, 0.6) is 0 Å². The van der Waals surface area contributed by atoms with Crippen LogP contribution in [0.1, 0.15) is 13.8 Å². The van der Waals surface area contributed by atoms with Crippen molar-refractivity contribution in [3.8, 4) is 0 Å². The van der Waals surface area contributed by atoms with Crippen molar-refractivity contribution in [2.45, 2.75) is 13.8 Å². The van der Waals surface area contributed by atoms with E-state index in [4.69, 9.17) is 0 Å². The molecule has 0 aromatic rings. The molecular weight excluding hydrogens is 164 g/mol. The van der Waals surface area contributed by atoms with Gasteiger partial charge in [0, 0.05) is 25.7 Å². The quantitative estimate of drug-likeness (QED) is 0.649. The van der Waals surface area contributed by atoms with Crippen molar-refractivity contribution < 1.29 is 4.79 Å². The Bertz CT molecular complexity index is 213. The highest BCUT2D eigenvalue weighted by molar-refractivity contribution is 5.88. The molecular formula is C10H18N2O. The molecule has 0 bridgehead atoms. The van der Waals surface area contributed by atoms with E-state index < -0.39 is 0 Å². The minimum atomic E-state index is 0.134. The van der Waals surface area contributed by atoms with E-state index in [0.29, 0.717) is 5.41 Å². The van der Waals surface area contributed by atoms with Crippen LogP contribution in [0.15, 0.2) is 12.2 Å². The first kappa shape index (κ1) is 10.3. The lowest BCUT2D eigenvalue weighted by Crippen LogP contribution is -2.54. The molecule has 3 nitrogen and oxygen atoms in total. The SMILES string of the molecule is CNC/C=C/C(=O)N1CC(C)(C)C1. The topological polar surface area (TPSA) is 32.3 Å². The Balaban J connectivity index is 2.27. The molecule has 3 heteroatoms. The monoisotopic (exact) mass is 182 g/mol. The Morgan fingerprint density at radius 1 is 1.54 bits per heavy atom. The van der Waals surface area contributed by atoms with Crippen LogP contribution in [0.25, 0.3) is 0 Å². The van der Waals surface area contributed by atoms with Gasteiger partial charge in [-0.3, -0.25) is 4.79 Å². The van der Waals surface area contributed by atoms with E-state index in [1.807, 2.05) is 18.0 Å². The standard InChI is InChI=1S/C10H18N2O/c1-10(2)7-12(8-10)9(13)5-4-6-11-3/h4-5,11H,6-8H2,1-3H3/b5-4+. The highest BCUT2D eigenvalue weighted by atomic mass is 16.2. The summed E-state index contributed by atoms with van der Waals surface area (Å²) in [6.07, 6.45) is 3.50. The van der Waals surface area contributed by atoms with Gasteiger partial charge in [-0.05, 0) is 12.5 Å². The molecule has 0 aromatic heterocycles. The molecule has 1 heterocycles. The summed E-state index contributed by atoms with van der Waals surface area (Å²) in [5.74, 6) is 0.134. The van der Waals surface area contributed by atoms with Gasteiger partial charge >= 0.3 is 0 Å². The highest BCUT2D eigenvalue weighted by Crippen LogP contribution is 2.28. The summed E-state index contributed by atoms with van der Waals surface area (Å²) >= 11 is 0. The molecule has 1 N–H and O–H groups in total. The van der Waals surface area contributed by atoms with Gasteiger partial charge in [0.1, 0.15) is 0 Å². The van der Waals surface area contributed by atoms with Gasteiger partial charge in [0.25, 0.3) is 0 Å². The Labute approximate surface area is 79.8 Å². The predicted molar refractivity (Wildman–Crippen MR) is 53.4 cm³/mol. The number of nitrogens with zero attached hydrogens (tertiary/aromatic N) is 1. The van der Waals surface area contributed by atoms with Crippen molar-refractivity contribution in [1.82, 2.24) is 10.2 Å². The van der Waals surface area contributed by atoms with Crippen molar-refractivity contribution in [2.75, 3.05) is 26.7 Å². The van der Waals surface area contributed by atoms with E-state index >= 15 is 0 Å². The van der Waals surface area contributed by atoms with Crippen LogP contribution in [0.2, 0.25) is 0 Å². The normalized spacial score (nSPS) is 20.4. The minimum Gasteiger partial charge on any atom is -0.338 e. The molecule has 0 spiro atoms. The van der Waals surface area contributed by atoms with Crippen LogP contribution in [0.3, 0.4) is 0 Å². The zero-order valence-corrected chi connectivity index (χ0v) is 8.63. The molecule has 13 heavy (non-hydrogen) atoms. The average molecular weight is 182 g/mol. The molecule has 0 atom stereocenters. The van der Waals surface area contributed by atoms with Gasteiger partial charge in [-0.2, -0.15) is 0 Å². The largest absolute Gasteiger partial charge is 0.338 e. The number of hydrogen-bond acceptors (Lipinski definition) is 2. The van der Waals surface area contributed by atoms with Crippen LogP contribution >= 0.6 is 0 Å². The van der Waals surface area contributed by atoms with Gasteiger partial charge in [-0.15, -0.1) is 0 Å². The van der Waals surface area contributed by atoms with Gasteiger partial charge in [0.2, 0.25) is 5.91 Å². The maximum absolute atomic E-state index is 11.4. The highest BCUT2D eigenvalue weighted by Gasteiger charge is 2.35. The smallest absolute Gasteiger partial charge is 0.246 e. The second kappa shape index (κ2) is 3.92. The van der Waals surface area contributed by atoms with E-state index in [1.165, 1.54) is 0 Å². The van der Waals surface area contributed by atoms with E-state index in [-0.39, 0.29) is 5.91 Å². The van der Waals surface area contributed by atoms with E-state index in [9.17, 15) is 4.79 Å². The van der Waals surface area contributed by atoms with Crippen LogP contribution < -0.4 is 5.32 Å². The third kappa shape index (κ3) is 2.84. The number of nitrogens with one attached hydrogen (secondary N) is 1. The molecule has 1 aliphatic heterocycles. The Kier molecular flexibility index (Phi) is 3.09. The number of carbonyl (C=O) groups excluding carboxylic acids is 1. The van der Waals surface area contributed by atoms with Crippen LogP contribution in [-0.2, 0) is 4.79 Å². The second-order valence-electron chi connectivity index (χ2n) is 4.32. The second-order valence-corrected chi connectivity index (χ2v) is 4.32. The van der Waals surface area contributed by atoms with Crippen molar-refractivity contribution in [3.05, 3.63) is 12.2 Å². The summed E-state index contributed by atoms with van der Waals surface area (Å²) in [5.41, 5.74) is 0.326. The predicted octanol–water partition coefficient (Wildman–Crippen LogP) is 0.630. The summed E-state index contributed by atoms with van der Waals surface area (Å²) in [4.78, 5) is 13.3. The molecule has 1 amide bonds. The Hall–Kier alpha value is -0.830. The number of likely N-dealkylation sites (tertiary alicyclic amines) is 1. The molecule has 0 unspecified atom stereocenters. The molecule has 74 valence electrons. The molecule has 0 aromatic carbocycles. The first-order valence-corrected chi connectivity index (χ1v) is 4.65. The van der Waals surface area contributed by atoms with Gasteiger partial charge in [0.05, 0.1) is 0 Å². The summed E-state index contributed by atoms with van der Waals surface area (Å²) in [6.45, 7) is 6.87. The number of likely N-dealkylation sites (N-methyl/N-ethyl adjacent to an activating group) is 1. The number of amides is 1. The van der Waals surface area contributed by atoms with E-state index in [1.54, 1.807) is 6.08 Å². The van der Waals surface area contributed by atoms with E-state index in [2.05, 4.69) is 19.2 Å². The van der Waals surface area contributed by atoms with Crippen LogP contribution in [0, 0.1) is 5.41 Å². The fraction of sp³-hybridized carbons (Fsp3) is 0.700. The Morgan fingerprint density at radius 3 is 2.62 bits per heavy atom. The molecule has 0 radical (unpaired) electrons. The third-order valence-electron chi connectivity index (χ3n) is 2.13. The number of rotatable bonds is 3. The van der Waals surface area contributed by atoms with Gasteiger partial charge in [-0.1, -0.05) is 19.9 Å². The fourth-order valence-corrected chi connectivity index (χ4v) is 1.53. The third-order valence-corrected chi connectivity index (χ3v) is 2.13. The van der Waals surface area contributed by atoms with E-state index in [0.717, 1.165) is 19.6 Å². The maximum atomic E-state index is 11.4. The minimum absolute atomic E-state index is 0.134. The van der Waals surface area contributed by atoms with Crippen molar-refractivity contribution in [2.24, 2.45) is 5.41 Å². The van der Waals surface area contributed by atoms with Crippen LogP contribution in [-0.4, -0.2) is 37.5 Å². The lowest BCUT2D eigenvalue weighted by molar-refractivity contribution is -0.135. The molecule has 0 saturated carbocycles.